The average Bonchev–Trinajstić information content (AvgIpc) is 2.49. The minimum Gasteiger partial charge on any atom is -0.287 e. The topological polar surface area (TPSA) is 34.1 Å². The van der Waals surface area contributed by atoms with Gasteiger partial charge in [0.05, 0.1) is 0 Å². The van der Waals surface area contributed by atoms with Crippen LogP contribution in [0.5, 0.6) is 0 Å². The Morgan fingerprint density at radius 1 is 0.750 bits per heavy atom. The lowest BCUT2D eigenvalue weighted by Gasteiger charge is -2.19. The summed E-state index contributed by atoms with van der Waals surface area (Å²) in [4.78, 5) is 24.8. The van der Waals surface area contributed by atoms with Crippen LogP contribution in [0.15, 0.2) is 46.2 Å². The zero-order chi connectivity index (χ0) is 17.1. The molecule has 0 saturated carbocycles. The molecule has 124 valence electrons. The number of hydrogen-bond donors (Lipinski definition) is 0. The van der Waals surface area contributed by atoms with Crippen molar-refractivity contribution in [3.05, 3.63) is 47.5 Å². The van der Waals surface area contributed by atoms with Crippen LogP contribution in [0.1, 0.15) is 37.8 Å². The Bertz CT molecular complexity index is 729. The highest BCUT2D eigenvalue weighted by molar-refractivity contribution is 8.13. The molecule has 3 rings (SSSR count). The predicted octanol–water partition coefficient (Wildman–Crippen LogP) is 5.51. The monoisotopic (exact) mass is 356 g/mol. The van der Waals surface area contributed by atoms with Gasteiger partial charge in [0.1, 0.15) is 0 Å². The molecule has 1 aliphatic carbocycles. The maximum absolute atomic E-state index is 11.4. The molecule has 1 aliphatic rings. The molecule has 0 aliphatic heterocycles. The average molecular weight is 357 g/mol. The molecule has 0 heterocycles. The normalized spacial score (nSPS) is 13.4. The third kappa shape index (κ3) is 4.11. The number of carbonyl (C=O) groups excluding carboxylic acids is 2. The molecule has 0 saturated heterocycles. The molecule has 0 atom stereocenters. The van der Waals surface area contributed by atoms with Crippen LogP contribution in [0.3, 0.4) is 0 Å². The van der Waals surface area contributed by atoms with E-state index >= 15 is 0 Å². The van der Waals surface area contributed by atoms with E-state index in [1.165, 1.54) is 45.8 Å². The predicted molar refractivity (Wildman–Crippen MR) is 102 cm³/mol. The molecule has 2 nitrogen and oxygen atoms in total. The summed E-state index contributed by atoms with van der Waals surface area (Å²) in [7, 11) is 0. The van der Waals surface area contributed by atoms with Crippen molar-refractivity contribution < 1.29 is 9.59 Å². The summed E-state index contributed by atoms with van der Waals surface area (Å²) < 4.78 is 0. The van der Waals surface area contributed by atoms with Crippen LogP contribution in [0.25, 0.3) is 11.1 Å². The summed E-state index contributed by atoms with van der Waals surface area (Å²) in [6.07, 6.45) is 4.38. The first-order chi connectivity index (χ1) is 11.5. The summed E-state index contributed by atoms with van der Waals surface area (Å²) in [5.74, 6) is 0. The Morgan fingerprint density at radius 3 is 1.54 bits per heavy atom. The van der Waals surface area contributed by atoms with E-state index in [0.29, 0.717) is 0 Å². The first-order valence-corrected chi connectivity index (χ1v) is 9.79. The van der Waals surface area contributed by atoms with Crippen LogP contribution in [-0.2, 0) is 22.4 Å². The van der Waals surface area contributed by atoms with Crippen LogP contribution in [0.4, 0.5) is 0 Å². The van der Waals surface area contributed by atoms with Crippen molar-refractivity contribution in [2.45, 2.75) is 49.3 Å². The molecule has 0 unspecified atom stereocenters. The minimum atomic E-state index is 0.118. The second-order valence-electron chi connectivity index (χ2n) is 6.03. The third-order valence-electron chi connectivity index (χ3n) is 4.11. The second-order valence-corrected chi connectivity index (χ2v) is 8.53. The van der Waals surface area contributed by atoms with E-state index in [2.05, 4.69) is 24.3 Å². The Kier molecular flexibility index (Phi) is 5.47. The highest BCUT2D eigenvalue weighted by Gasteiger charge is 2.15. The van der Waals surface area contributed by atoms with Gasteiger partial charge in [0.2, 0.25) is 0 Å². The van der Waals surface area contributed by atoms with Crippen molar-refractivity contribution in [1.82, 2.24) is 0 Å². The molecule has 0 N–H and O–H groups in total. The standard InChI is InChI=1S/C20H20O2S2/c1-13(21)23-17-7-9-19-15(11-17)5-3-4-6-16-12-18(24-14(2)22)8-10-20(16)19/h7-12H,3-6H2,1-2H3. The molecule has 2 aromatic rings. The highest BCUT2D eigenvalue weighted by atomic mass is 32.2. The Labute approximate surface area is 151 Å². The fraction of sp³-hybridized carbons (Fsp3) is 0.300. The van der Waals surface area contributed by atoms with Gasteiger partial charge < -0.3 is 0 Å². The first-order valence-electron chi connectivity index (χ1n) is 8.16. The fourth-order valence-electron chi connectivity index (χ4n) is 3.17. The Balaban J connectivity index is 2.03. The van der Waals surface area contributed by atoms with Crippen molar-refractivity contribution in [3.8, 4) is 11.1 Å². The molecule has 0 bridgehead atoms. The van der Waals surface area contributed by atoms with E-state index in [4.69, 9.17) is 0 Å². The number of fused-ring (bicyclic) bond motifs is 3. The van der Waals surface area contributed by atoms with Crippen molar-refractivity contribution >= 4 is 33.8 Å². The van der Waals surface area contributed by atoms with Gasteiger partial charge in [-0.3, -0.25) is 9.59 Å². The lowest BCUT2D eigenvalue weighted by Crippen LogP contribution is -2.01. The number of hydrogen-bond acceptors (Lipinski definition) is 4. The number of carbonyl (C=O) groups is 2. The molecular weight excluding hydrogens is 336 g/mol. The van der Waals surface area contributed by atoms with Gasteiger partial charge in [-0.25, -0.2) is 0 Å². The van der Waals surface area contributed by atoms with Gasteiger partial charge in [0.15, 0.2) is 10.2 Å². The number of aryl methyl sites for hydroxylation is 2. The quantitative estimate of drug-likeness (QED) is 0.665. The maximum Gasteiger partial charge on any atom is 0.190 e. The maximum atomic E-state index is 11.4. The molecule has 0 spiro atoms. The molecule has 0 aromatic heterocycles. The van der Waals surface area contributed by atoms with E-state index in [0.717, 1.165) is 35.5 Å². The fourth-order valence-corrected chi connectivity index (χ4v) is 4.51. The van der Waals surface area contributed by atoms with Crippen LogP contribution < -0.4 is 0 Å². The minimum absolute atomic E-state index is 0.118. The van der Waals surface area contributed by atoms with Crippen molar-refractivity contribution in [1.29, 1.82) is 0 Å². The number of rotatable bonds is 2. The first kappa shape index (κ1) is 17.3. The second kappa shape index (κ2) is 7.58. The van der Waals surface area contributed by atoms with E-state index < -0.39 is 0 Å². The highest BCUT2D eigenvalue weighted by Crippen LogP contribution is 2.36. The number of benzene rings is 2. The number of thioether (sulfide) groups is 2. The Hall–Kier alpha value is -1.52. The van der Waals surface area contributed by atoms with Crippen LogP contribution in [0.2, 0.25) is 0 Å². The molecule has 0 fully saturated rings. The van der Waals surface area contributed by atoms with Gasteiger partial charge >= 0.3 is 0 Å². The van der Waals surface area contributed by atoms with E-state index in [1.54, 1.807) is 13.8 Å². The van der Waals surface area contributed by atoms with E-state index in [-0.39, 0.29) is 10.2 Å². The lowest BCUT2D eigenvalue weighted by atomic mass is 9.88. The van der Waals surface area contributed by atoms with Gasteiger partial charge in [-0.2, -0.15) is 0 Å². The summed E-state index contributed by atoms with van der Waals surface area (Å²) in [5.41, 5.74) is 5.15. The van der Waals surface area contributed by atoms with Gasteiger partial charge in [-0.05, 0) is 72.2 Å². The van der Waals surface area contributed by atoms with Gasteiger partial charge in [0.25, 0.3) is 0 Å². The summed E-state index contributed by atoms with van der Waals surface area (Å²) in [6, 6.07) is 12.7. The van der Waals surface area contributed by atoms with Crippen LogP contribution in [-0.4, -0.2) is 10.2 Å². The molecule has 24 heavy (non-hydrogen) atoms. The zero-order valence-electron chi connectivity index (χ0n) is 13.9. The molecular formula is C20H20O2S2. The summed E-state index contributed by atoms with van der Waals surface area (Å²) in [5, 5.41) is 0.235. The van der Waals surface area contributed by atoms with E-state index in [1.807, 2.05) is 12.1 Å². The largest absolute Gasteiger partial charge is 0.287 e. The van der Waals surface area contributed by atoms with Crippen molar-refractivity contribution in [2.24, 2.45) is 0 Å². The SMILES string of the molecule is CC(=O)Sc1ccc2c(c1)CCCCc1cc(SC(C)=O)ccc1-2. The van der Waals surface area contributed by atoms with Gasteiger partial charge in [-0.15, -0.1) is 0 Å². The van der Waals surface area contributed by atoms with Gasteiger partial charge in [0, 0.05) is 23.6 Å². The molecule has 2 aromatic carbocycles. The lowest BCUT2D eigenvalue weighted by molar-refractivity contribution is -0.109. The summed E-state index contributed by atoms with van der Waals surface area (Å²) in [6.45, 7) is 3.20. The molecule has 4 heteroatoms. The van der Waals surface area contributed by atoms with Crippen molar-refractivity contribution in [3.63, 3.8) is 0 Å². The smallest absolute Gasteiger partial charge is 0.190 e. The summed E-state index contributed by atoms with van der Waals surface area (Å²) >= 11 is 2.59. The molecule has 0 radical (unpaired) electrons. The zero-order valence-corrected chi connectivity index (χ0v) is 15.6. The van der Waals surface area contributed by atoms with Crippen LogP contribution >= 0.6 is 23.5 Å². The van der Waals surface area contributed by atoms with Gasteiger partial charge in [-0.1, -0.05) is 35.7 Å². The van der Waals surface area contributed by atoms with Crippen LogP contribution in [0, 0.1) is 0 Å². The Morgan fingerprint density at radius 2 is 1.17 bits per heavy atom. The van der Waals surface area contributed by atoms with E-state index in [9.17, 15) is 9.59 Å². The van der Waals surface area contributed by atoms with Crippen molar-refractivity contribution in [2.75, 3.05) is 0 Å². The molecule has 0 amide bonds. The third-order valence-corrected chi connectivity index (χ3v) is 5.66.